The molecule has 152 valence electrons. The smallest absolute Gasteiger partial charge is 0.328 e. The third-order valence-corrected chi connectivity index (χ3v) is 5.13. The number of esters is 1. The van der Waals surface area contributed by atoms with Gasteiger partial charge in [-0.2, -0.15) is 5.10 Å². The van der Waals surface area contributed by atoms with E-state index in [0.29, 0.717) is 6.54 Å². The van der Waals surface area contributed by atoms with Gasteiger partial charge < -0.3 is 10.1 Å². The predicted molar refractivity (Wildman–Crippen MR) is 105 cm³/mol. The molecule has 0 radical (unpaired) electrons. The van der Waals surface area contributed by atoms with Crippen molar-refractivity contribution in [3.05, 3.63) is 52.6 Å². The molecule has 1 aliphatic rings. The van der Waals surface area contributed by atoms with Crippen LogP contribution in [0.15, 0.2) is 24.3 Å². The van der Waals surface area contributed by atoms with E-state index in [4.69, 9.17) is 4.74 Å². The zero-order chi connectivity index (χ0) is 20.3. The summed E-state index contributed by atoms with van der Waals surface area (Å²) in [4.78, 5) is 14.4. The Labute approximate surface area is 165 Å². The molecule has 2 aromatic rings. The van der Waals surface area contributed by atoms with Crippen molar-refractivity contribution in [3.63, 3.8) is 0 Å². The Hall–Kier alpha value is -2.25. The predicted octanol–water partition coefficient (Wildman–Crippen LogP) is 2.74. The van der Waals surface area contributed by atoms with Gasteiger partial charge in [0.1, 0.15) is 12.4 Å². The fourth-order valence-corrected chi connectivity index (χ4v) is 3.72. The Kier molecular flexibility index (Phi) is 6.46. The molecule has 28 heavy (non-hydrogen) atoms. The molecule has 0 amide bonds. The number of aromatic nitrogens is 2. The molecular weight excluding hydrogens is 359 g/mol. The van der Waals surface area contributed by atoms with E-state index in [2.05, 4.69) is 15.3 Å². The molecule has 1 atom stereocenters. The molecule has 2 heterocycles. The zero-order valence-corrected chi connectivity index (χ0v) is 17.0. The molecule has 3 rings (SSSR count). The first-order valence-electron chi connectivity index (χ1n) is 9.77. The monoisotopic (exact) mass is 388 g/mol. The average molecular weight is 388 g/mol. The van der Waals surface area contributed by atoms with Crippen molar-refractivity contribution in [1.82, 2.24) is 20.0 Å². The second-order valence-electron chi connectivity index (χ2n) is 7.59. The Morgan fingerprint density at radius 2 is 2.18 bits per heavy atom. The van der Waals surface area contributed by atoms with Crippen molar-refractivity contribution in [2.45, 2.75) is 52.9 Å². The maximum absolute atomic E-state index is 13.7. The van der Waals surface area contributed by atoms with Gasteiger partial charge in [-0.25, -0.2) is 4.39 Å². The highest BCUT2D eigenvalue weighted by molar-refractivity contribution is 5.69. The van der Waals surface area contributed by atoms with E-state index in [1.807, 2.05) is 33.8 Å². The second kappa shape index (κ2) is 8.84. The number of rotatable bonds is 6. The number of hydrogen-bond donors (Lipinski definition) is 1. The maximum Gasteiger partial charge on any atom is 0.328 e. The van der Waals surface area contributed by atoms with E-state index in [-0.39, 0.29) is 30.5 Å². The van der Waals surface area contributed by atoms with Crippen molar-refractivity contribution in [1.29, 1.82) is 0 Å². The third-order valence-electron chi connectivity index (χ3n) is 5.13. The molecule has 1 aromatic heterocycles. The first-order chi connectivity index (χ1) is 13.3. The highest BCUT2D eigenvalue weighted by Gasteiger charge is 2.26. The number of piperazine rings is 1. The lowest BCUT2D eigenvalue weighted by atomic mass is 10.0. The summed E-state index contributed by atoms with van der Waals surface area (Å²) in [5.41, 5.74) is 3.96. The van der Waals surface area contributed by atoms with Gasteiger partial charge in [0.2, 0.25) is 0 Å². The standard InChI is InChI=1S/C21H29FN4O2/c1-14(2)28-21(27)13-26-16(4)19(15(3)24-26)12-25-9-8-23-11-20(25)17-6-5-7-18(22)10-17/h5-7,10,14,20,23H,8-9,11-13H2,1-4H3. The van der Waals surface area contributed by atoms with Crippen molar-refractivity contribution < 1.29 is 13.9 Å². The number of carbonyl (C=O) groups excluding carboxylic acids is 1. The molecule has 7 heteroatoms. The van der Waals surface area contributed by atoms with Crippen molar-refractivity contribution in [3.8, 4) is 0 Å². The number of ether oxygens (including phenoxy) is 1. The minimum absolute atomic E-state index is 0.0949. The lowest BCUT2D eigenvalue weighted by Crippen LogP contribution is -2.45. The number of carbonyl (C=O) groups is 1. The van der Waals surface area contributed by atoms with Crippen LogP contribution in [0.2, 0.25) is 0 Å². The summed E-state index contributed by atoms with van der Waals surface area (Å²) >= 11 is 0. The number of benzene rings is 1. The summed E-state index contributed by atoms with van der Waals surface area (Å²) in [6.07, 6.45) is -0.142. The van der Waals surface area contributed by atoms with Gasteiger partial charge in [-0.05, 0) is 45.4 Å². The minimum atomic E-state index is -0.285. The quantitative estimate of drug-likeness (QED) is 0.771. The van der Waals surface area contributed by atoms with Gasteiger partial charge in [-0.3, -0.25) is 14.4 Å². The molecule has 1 fully saturated rings. The van der Waals surface area contributed by atoms with Gasteiger partial charge in [0.05, 0.1) is 11.8 Å². The van der Waals surface area contributed by atoms with E-state index < -0.39 is 0 Å². The van der Waals surface area contributed by atoms with Gasteiger partial charge in [-0.1, -0.05) is 12.1 Å². The molecule has 1 aromatic carbocycles. The highest BCUT2D eigenvalue weighted by atomic mass is 19.1. The third kappa shape index (κ3) is 4.77. The first kappa shape index (κ1) is 20.5. The molecule has 1 aliphatic heterocycles. The number of aryl methyl sites for hydroxylation is 1. The van der Waals surface area contributed by atoms with Crippen molar-refractivity contribution >= 4 is 5.97 Å². The number of nitrogens with one attached hydrogen (secondary N) is 1. The number of hydrogen-bond acceptors (Lipinski definition) is 5. The molecule has 6 nitrogen and oxygen atoms in total. The zero-order valence-electron chi connectivity index (χ0n) is 17.0. The molecule has 1 unspecified atom stereocenters. The molecule has 0 aliphatic carbocycles. The molecule has 1 saturated heterocycles. The minimum Gasteiger partial charge on any atom is -0.462 e. The summed E-state index contributed by atoms with van der Waals surface area (Å²) in [5.74, 6) is -0.501. The van der Waals surface area contributed by atoms with Crippen LogP contribution in [-0.4, -0.2) is 46.4 Å². The molecule has 1 N–H and O–H groups in total. The van der Waals surface area contributed by atoms with Gasteiger partial charge in [-0.15, -0.1) is 0 Å². The lowest BCUT2D eigenvalue weighted by Gasteiger charge is -2.36. The van der Waals surface area contributed by atoms with Crippen molar-refractivity contribution in [2.75, 3.05) is 19.6 Å². The van der Waals surface area contributed by atoms with Crippen LogP contribution >= 0.6 is 0 Å². The largest absolute Gasteiger partial charge is 0.462 e. The van der Waals surface area contributed by atoms with E-state index in [0.717, 1.165) is 42.1 Å². The van der Waals surface area contributed by atoms with Crippen LogP contribution in [0.25, 0.3) is 0 Å². The van der Waals surface area contributed by atoms with E-state index in [1.54, 1.807) is 16.8 Å². The second-order valence-corrected chi connectivity index (χ2v) is 7.59. The topological polar surface area (TPSA) is 59.4 Å². The van der Waals surface area contributed by atoms with Gasteiger partial charge in [0.25, 0.3) is 0 Å². The highest BCUT2D eigenvalue weighted by Crippen LogP contribution is 2.26. The van der Waals surface area contributed by atoms with Crippen LogP contribution in [0, 0.1) is 19.7 Å². The van der Waals surface area contributed by atoms with Crippen LogP contribution in [0.3, 0.4) is 0 Å². The summed E-state index contributed by atoms with van der Waals surface area (Å²) in [7, 11) is 0. The normalized spacial score (nSPS) is 17.9. The van der Waals surface area contributed by atoms with Gasteiger partial charge >= 0.3 is 5.97 Å². The first-order valence-corrected chi connectivity index (χ1v) is 9.77. The van der Waals surface area contributed by atoms with Crippen LogP contribution < -0.4 is 5.32 Å². The van der Waals surface area contributed by atoms with E-state index in [1.165, 1.54) is 6.07 Å². The SMILES string of the molecule is Cc1nn(CC(=O)OC(C)C)c(C)c1CN1CCNCC1c1cccc(F)c1. The van der Waals surface area contributed by atoms with Gasteiger partial charge in [0, 0.05) is 43.5 Å². The average Bonchev–Trinajstić information content (AvgIpc) is 2.89. The number of nitrogens with zero attached hydrogens (tertiary/aromatic N) is 3. The Morgan fingerprint density at radius 3 is 2.89 bits per heavy atom. The van der Waals surface area contributed by atoms with E-state index >= 15 is 0 Å². The van der Waals surface area contributed by atoms with Crippen LogP contribution in [0.4, 0.5) is 4.39 Å². The summed E-state index contributed by atoms with van der Waals surface area (Å²) in [6.45, 7) is 11.0. The van der Waals surface area contributed by atoms with Crippen LogP contribution in [-0.2, 0) is 22.6 Å². The molecular formula is C21H29FN4O2. The Morgan fingerprint density at radius 1 is 1.39 bits per heavy atom. The van der Waals surface area contributed by atoms with Gasteiger partial charge in [0.15, 0.2) is 0 Å². The Balaban J connectivity index is 1.78. The Bertz CT molecular complexity index is 834. The van der Waals surface area contributed by atoms with Crippen LogP contribution in [0.1, 0.15) is 42.4 Å². The molecule has 0 saturated carbocycles. The van der Waals surface area contributed by atoms with E-state index in [9.17, 15) is 9.18 Å². The molecule has 0 spiro atoms. The summed E-state index contributed by atoms with van der Waals surface area (Å²) in [5, 5.41) is 7.95. The number of halogens is 1. The lowest BCUT2D eigenvalue weighted by molar-refractivity contribution is -0.148. The fourth-order valence-electron chi connectivity index (χ4n) is 3.72. The maximum atomic E-state index is 13.7. The van der Waals surface area contributed by atoms with Crippen LogP contribution in [0.5, 0.6) is 0 Å². The summed E-state index contributed by atoms with van der Waals surface area (Å²) in [6, 6.07) is 6.90. The molecule has 0 bridgehead atoms. The van der Waals surface area contributed by atoms with Crippen molar-refractivity contribution in [2.24, 2.45) is 0 Å². The summed E-state index contributed by atoms with van der Waals surface area (Å²) < 4.78 is 20.7. The fraction of sp³-hybridized carbons (Fsp3) is 0.524.